The first kappa shape index (κ1) is 23.1. The van der Waals surface area contributed by atoms with Gasteiger partial charge in [0, 0.05) is 0 Å². The van der Waals surface area contributed by atoms with Gasteiger partial charge in [-0.1, -0.05) is 78.1 Å². The van der Waals surface area contributed by atoms with E-state index in [-0.39, 0.29) is 18.9 Å². The van der Waals surface area contributed by atoms with Gasteiger partial charge in [-0.25, -0.2) is 4.79 Å². The summed E-state index contributed by atoms with van der Waals surface area (Å²) in [5.74, 6) is 0. The Balaban J connectivity index is 0. The Morgan fingerprint density at radius 2 is 0.952 bits per heavy atom. The van der Waals surface area contributed by atoms with E-state index in [0.717, 1.165) is 25.7 Å². The SMILES string of the molecule is CCCCCCCCCCOC(=O)OCCCCCC.[LiH]. The van der Waals surface area contributed by atoms with Gasteiger partial charge in [0.15, 0.2) is 0 Å². The van der Waals surface area contributed by atoms with E-state index in [1.807, 2.05) is 0 Å². The fourth-order valence-corrected chi connectivity index (χ4v) is 2.12. The van der Waals surface area contributed by atoms with Crippen LogP contribution >= 0.6 is 0 Å². The second kappa shape index (κ2) is 19.9. The molecule has 0 aromatic heterocycles. The Hall–Kier alpha value is -0.133. The molecular weight excluding hydrogens is 259 g/mol. The van der Waals surface area contributed by atoms with Gasteiger partial charge in [0.2, 0.25) is 0 Å². The van der Waals surface area contributed by atoms with Crippen LogP contribution in [0.5, 0.6) is 0 Å². The molecule has 21 heavy (non-hydrogen) atoms. The third-order valence-corrected chi connectivity index (χ3v) is 3.44. The first-order valence-electron chi connectivity index (χ1n) is 8.60. The Bertz CT molecular complexity index is 210. The van der Waals surface area contributed by atoms with Crippen LogP contribution in [-0.4, -0.2) is 38.2 Å². The standard InChI is InChI=1S/C17H34O3.Li.H/c1-3-5-7-9-10-11-12-14-16-20-17(18)19-15-13-8-6-4-2;;/h3-16H2,1-2H3;;. The zero-order chi connectivity index (χ0) is 14.9. The average Bonchev–Trinajstić information content (AvgIpc) is 2.45. The van der Waals surface area contributed by atoms with Gasteiger partial charge in [-0.05, 0) is 12.8 Å². The normalized spacial score (nSPS) is 10.0. The molecule has 0 aromatic carbocycles. The summed E-state index contributed by atoms with van der Waals surface area (Å²) in [5, 5.41) is 0. The van der Waals surface area contributed by atoms with Crippen molar-refractivity contribution >= 4 is 25.0 Å². The molecule has 0 saturated heterocycles. The van der Waals surface area contributed by atoms with Crippen molar-refractivity contribution in [3.8, 4) is 0 Å². The second-order valence-corrected chi connectivity index (χ2v) is 5.48. The first-order chi connectivity index (χ1) is 9.81. The molecule has 0 aliphatic heterocycles. The van der Waals surface area contributed by atoms with Crippen LogP contribution in [-0.2, 0) is 9.47 Å². The average molecular weight is 294 g/mol. The molecule has 0 bridgehead atoms. The van der Waals surface area contributed by atoms with Crippen molar-refractivity contribution in [1.29, 1.82) is 0 Å². The van der Waals surface area contributed by atoms with E-state index >= 15 is 0 Å². The molecule has 122 valence electrons. The van der Waals surface area contributed by atoms with Crippen LogP contribution in [0.2, 0.25) is 0 Å². The van der Waals surface area contributed by atoms with Crippen molar-refractivity contribution in [2.45, 2.75) is 90.9 Å². The zero-order valence-corrected chi connectivity index (χ0v) is 13.6. The number of rotatable bonds is 14. The van der Waals surface area contributed by atoms with Crippen molar-refractivity contribution in [2.24, 2.45) is 0 Å². The summed E-state index contributed by atoms with van der Waals surface area (Å²) in [6.45, 7) is 5.40. The van der Waals surface area contributed by atoms with E-state index in [1.54, 1.807) is 0 Å². The molecule has 0 amide bonds. The summed E-state index contributed by atoms with van der Waals surface area (Å²) in [5.41, 5.74) is 0. The van der Waals surface area contributed by atoms with Crippen LogP contribution in [0.15, 0.2) is 0 Å². The molecule has 3 nitrogen and oxygen atoms in total. The van der Waals surface area contributed by atoms with Crippen LogP contribution < -0.4 is 0 Å². The molecule has 0 spiro atoms. The molecule has 0 aliphatic rings. The van der Waals surface area contributed by atoms with Gasteiger partial charge in [0.05, 0.1) is 13.2 Å². The number of ether oxygens (including phenoxy) is 2. The monoisotopic (exact) mass is 294 g/mol. The zero-order valence-electron chi connectivity index (χ0n) is 13.6. The van der Waals surface area contributed by atoms with Crippen molar-refractivity contribution < 1.29 is 14.3 Å². The summed E-state index contributed by atoms with van der Waals surface area (Å²) < 4.78 is 10.0. The minimum absolute atomic E-state index is 0. The summed E-state index contributed by atoms with van der Waals surface area (Å²) in [4.78, 5) is 11.2. The quantitative estimate of drug-likeness (QED) is 0.250. The second-order valence-electron chi connectivity index (χ2n) is 5.48. The van der Waals surface area contributed by atoms with E-state index in [2.05, 4.69) is 13.8 Å². The molecule has 0 aromatic rings. The molecule has 0 N–H and O–H groups in total. The van der Waals surface area contributed by atoms with Crippen LogP contribution in [0, 0.1) is 0 Å². The van der Waals surface area contributed by atoms with Crippen molar-refractivity contribution in [1.82, 2.24) is 0 Å². The molecule has 0 radical (unpaired) electrons. The molecule has 0 rings (SSSR count). The van der Waals surface area contributed by atoms with Gasteiger partial charge in [0.1, 0.15) is 0 Å². The third kappa shape index (κ3) is 19.9. The number of unbranched alkanes of at least 4 members (excludes halogenated alkanes) is 10. The summed E-state index contributed by atoms with van der Waals surface area (Å²) in [7, 11) is 0. The van der Waals surface area contributed by atoms with Crippen LogP contribution in [0.4, 0.5) is 4.79 Å². The van der Waals surface area contributed by atoms with Gasteiger partial charge in [0.25, 0.3) is 0 Å². The van der Waals surface area contributed by atoms with E-state index in [4.69, 9.17) is 9.47 Å². The number of hydrogen-bond acceptors (Lipinski definition) is 3. The van der Waals surface area contributed by atoms with Gasteiger partial charge < -0.3 is 9.47 Å². The van der Waals surface area contributed by atoms with Crippen LogP contribution in [0.1, 0.15) is 90.9 Å². The molecule has 4 heteroatoms. The number of hydrogen-bond donors (Lipinski definition) is 0. The number of carbonyl (C=O) groups is 1. The maximum absolute atomic E-state index is 11.2. The molecule has 0 saturated carbocycles. The van der Waals surface area contributed by atoms with Gasteiger partial charge in [-0.2, -0.15) is 0 Å². The topological polar surface area (TPSA) is 35.5 Å². The third-order valence-electron chi connectivity index (χ3n) is 3.44. The fourth-order valence-electron chi connectivity index (χ4n) is 2.12. The van der Waals surface area contributed by atoms with Crippen molar-refractivity contribution in [3.05, 3.63) is 0 Å². The van der Waals surface area contributed by atoms with Gasteiger partial charge in [-0.3, -0.25) is 0 Å². The minimum atomic E-state index is -0.496. The molecule has 0 fully saturated rings. The molecule has 0 atom stereocenters. The van der Waals surface area contributed by atoms with E-state index in [0.29, 0.717) is 13.2 Å². The van der Waals surface area contributed by atoms with Gasteiger partial charge >= 0.3 is 25.0 Å². The Morgan fingerprint density at radius 1 is 0.619 bits per heavy atom. The molecule has 0 aliphatic carbocycles. The summed E-state index contributed by atoms with van der Waals surface area (Å²) in [6, 6.07) is 0. The predicted octanol–water partition coefficient (Wildman–Crippen LogP) is 5.21. The summed E-state index contributed by atoms with van der Waals surface area (Å²) in [6.07, 6.45) is 14.0. The molecular formula is C17H35LiO3. The summed E-state index contributed by atoms with van der Waals surface area (Å²) >= 11 is 0. The molecule has 0 heterocycles. The van der Waals surface area contributed by atoms with E-state index in [9.17, 15) is 4.79 Å². The fraction of sp³-hybridized carbons (Fsp3) is 0.941. The first-order valence-corrected chi connectivity index (χ1v) is 8.60. The Morgan fingerprint density at radius 3 is 1.38 bits per heavy atom. The Labute approximate surface area is 143 Å². The Kier molecular flexibility index (Phi) is 21.9. The van der Waals surface area contributed by atoms with Crippen LogP contribution in [0.3, 0.4) is 0 Å². The van der Waals surface area contributed by atoms with E-state index in [1.165, 1.54) is 51.4 Å². The number of carbonyl (C=O) groups excluding carboxylic acids is 1. The van der Waals surface area contributed by atoms with E-state index < -0.39 is 6.16 Å². The maximum atomic E-state index is 11.2. The molecule has 0 unspecified atom stereocenters. The van der Waals surface area contributed by atoms with Crippen LogP contribution in [0.25, 0.3) is 0 Å². The van der Waals surface area contributed by atoms with Gasteiger partial charge in [-0.15, -0.1) is 0 Å². The van der Waals surface area contributed by atoms with Crippen molar-refractivity contribution in [2.75, 3.05) is 13.2 Å². The van der Waals surface area contributed by atoms with Crippen molar-refractivity contribution in [3.63, 3.8) is 0 Å². The predicted molar refractivity (Wildman–Crippen MR) is 91.2 cm³/mol.